The van der Waals surface area contributed by atoms with Gasteiger partial charge < -0.3 is 9.64 Å². The normalized spacial score (nSPS) is 12.8. The standard InChI is InChI=1S/C23H21ClN4O5/c1-15-21(22(24)27(25-15)13-16-6-3-2-4-7-16)23(30)33-14-20(29)26-11-5-8-17-12-18(28(31)32)9-10-19(17)26/h2-4,6-7,9-10,12H,5,8,11,13-14H2,1H3. The van der Waals surface area contributed by atoms with Crippen LogP contribution in [0.3, 0.4) is 0 Å². The minimum Gasteiger partial charge on any atom is -0.452 e. The number of aryl methyl sites for hydroxylation is 2. The molecule has 2 aromatic carbocycles. The zero-order chi connectivity index (χ0) is 23.5. The Morgan fingerprint density at radius 1 is 1.21 bits per heavy atom. The van der Waals surface area contributed by atoms with Crippen LogP contribution in [0.4, 0.5) is 11.4 Å². The van der Waals surface area contributed by atoms with Gasteiger partial charge in [-0.05, 0) is 37.0 Å². The molecule has 9 nitrogen and oxygen atoms in total. The number of ether oxygens (including phenoxy) is 1. The van der Waals surface area contributed by atoms with Crippen molar-refractivity contribution in [2.75, 3.05) is 18.1 Å². The molecule has 1 amide bonds. The van der Waals surface area contributed by atoms with Gasteiger partial charge in [-0.1, -0.05) is 41.9 Å². The van der Waals surface area contributed by atoms with E-state index in [-0.39, 0.29) is 16.4 Å². The molecule has 3 aromatic rings. The van der Waals surface area contributed by atoms with Crippen LogP contribution >= 0.6 is 11.6 Å². The molecule has 33 heavy (non-hydrogen) atoms. The van der Waals surface area contributed by atoms with Crippen LogP contribution in [-0.2, 0) is 22.5 Å². The molecule has 0 atom stereocenters. The van der Waals surface area contributed by atoms with Crippen molar-refractivity contribution >= 4 is 34.9 Å². The molecule has 10 heteroatoms. The van der Waals surface area contributed by atoms with Crippen LogP contribution in [0.5, 0.6) is 0 Å². The highest BCUT2D eigenvalue weighted by molar-refractivity contribution is 6.32. The van der Waals surface area contributed by atoms with Crippen LogP contribution < -0.4 is 4.90 Å². The number of amides is 1. The molecule has 170 valence electrons. The summed E-state index contributed by atoms with van der Waals surface area (Å²) in [5.74, 6) is -1.14. The predicted molar refractivity (Wildman–Crippen MR) is 122 cm³/mol. The largest absolute Gasteiger partial charge is 0.452 e. The quantitative estimate of drug-likeness (QED) is 0.308. The number of halogens is 1. The molecule has 2 heterocycles. The average molecular weight is 469 g/mol. The van der Waals surface area contributed by atoms with Gasteiger partial charge in [-0.3, -0.25) is 14.9 Å². The van der Waals surface area contributed by atoms with Crippen LogP contribution in [0.1, 0.15) is 33.6 Å². The van der Waals surface area contributed by atoms with Gasteiger partial charge in [0, 0.05) is 24.4 Å². The number of nitro benzene ring substituents is 1. The van der Waals surface area contributed by atoms with Gasteiger partial charge in [0.15, 0.2) is 6.61 Å². The maximum absolute atomic E-state index is 12.8. The molecule has 1 aliphatic rings. The molecule has 0 saturated heterocycles. The van der Waals surface area contributed by atoms with E-state index in [1.807, 2.05) is 30.3 Å². The second-order valence-corrected chi connectivity index (χ2v) is 8.05. The first-order valence-corrected chi connectivity index (χ1v) is 10.7. The number of non-ortho nitro benzene ring substituents is 1. The second-order valence-electron chi connectivity index (χ2n) is 7.69. The summed E-state index contributed by atoms with van der Waals surface area (Å²) < 4.78 is 6.78. The van der Waals surface area contributed by atoms with Crippen molar-refractivity contribution in [3.63, 3.8) is 0 Å². The minimum absolute atomic E-state index is 0.0212. The number of esters is 1. The first-order chi connectivity index (χ1) is 15.8. The van der Waals surface area contributed by atoms with E-state index in [1.54, 1.807) is 13.0 Å². The Balaban J connectivity index is 1.45. The fraction of sp³-hybridized carbons (Fsp3) is 0.261. The van der Waals surface area contributed by atoms with Gasteiger partial charge in [-0.2, -0.15) is 5.10 Å². The lowest BCUT2D eigenvalue weighted by atomic mass is 10.0. The molecule has 1 aliphatic heterocycles. The van der Waals surface area contributed by atoms with Gasteiger partial charge in [0.25, 0.3) is 11.6 Å². The van der Waals surface area contributed by atoms with E-state index in [4.69, 9.17) is 16.3 Å². The molecule has 0 N–H and O–H groups in total. The number of fused-ring (bicyclic) bond motifs is 1. The number of carbonyl (C=O) groups is 2. The van der Waals surface area contributed by atoms with E-state index >= 15 is 0 Å². The Hall–Kier alpha value is -3.72. The van der Waals surface area contributed by atoms with Crippen molar-refractivity contribution in [3.8, 4) is 0 Å². The lowest BCUT2D eigenvalue weighted by Gasteiger charge is -2.29. The van der Waals surface area contributed by atoms with E-state index in [0.717, 1.165) is 11.1 Å². The van der Waals surface area contributed by atoms with Crippen LogP contribution in [0.25, 0.3) is 0 Å². The van der Waals surface area contributed by atoms with E-state index in [1.165, 1.54) is 21.7 Å². The van der Waals surface area contributed by atoms with Gasteiger partial charge in [-0.25, -0.2) is 9.48 Å². The fourth-order valence-electron chi connectivity index (χ4n) is 3.88. The highest BCUT2D eigenvalue weighted by atomic mass is 35.5. The zero-order valence-electron chi connectivity index (χ0n) is 17.9. The second kappa shape index (κ2) is 9.41. The molecule has 0 saturated carbocycles. The summed E-state index contributed by atoms with van der Waals surface area (Å²) in [4.78, 5) is 37.5. The van der Waals surface area contributed by atoms with Gasteiger partial charge in [-0.15, -0.1) is 0 Å². The molecule has 0 radical (unpaired) electrons. The molecule has 1 aromatic heterocycles. The van der Waals surface area contributed by atoms with Gasteiger partial charge in [0.1, 0.15) is 10.7 Å². The summed E-state index contributed by atoms with van der Waals surface area (Å²) in [7, 11) is 0. The Labute approximate surface area is 194 Å². The Kier molecular flexibility index (Phi) is 6.41. The number of benzene rings is 2. The summed E-state index contributed by atoms with van der Waals surface area (Å²) in [5, 5.41) is 15.5. The van der Waals surface area contributed by atoms with Crippen molar-refractivity contribution < 1.29 is 19.2 Å². The number of rotatable bonds is 6. The lowest BCUT2D eigenvalue weighted by Crippen LogP contribution is -2.38. The number of nitro groups is 1. The van der Waals surface area contributed by atoms with Crippen molar-refractivity contribution in [1.29, 1.82) is 0 Å². The average Bonchev–Trinajstić information content (AvgIpc) is 3.09. The number of nitrogens with zero attached hydrogens (tertiary/aromatic N) is 4. The van der Waals surface area contributed by atoms with Gasteiger partial charge in [0.05, 0.1) is 17.2 Å². The zero-order valence-corrected chi connectivity index (χ0v) is 18.6. The number of hydrogen-bond acceptors (Lipinski definition) is 6. The first-order valence-electron chi connectivity index (χ1n) is 10.4. The van der Waals surface area contributed by atoms with Crippen LogP contribution in [0, 0.1) is 17.0 Å². The maximum atomic E-state index is 12.8. The SMILES string of the molecule is Cc1nn(Cc2ccccc2)c(Cl)c1C(=O)OCC(=O)N1CCCc2cc([N+](=O)[O-])ccc21. The highest BCUT2D eigenvalue weighted by Gasteiger charge is 2.27. The first kappa shape index (κ1) is 22.5. The van der Waals surface area contributed by atoms with Gasteiger partial charge >= 0.3 is 5.97 Å². The molecular weight excluding hydrogens is 448 g/mol. The van der Waals surface area contributed by atoms with Crippen molar-refractivity contribution in [3.05, 3.63) is 86.2 Å². The third kappa shape index (κ3) is 4.73. The summed E-state index contributed by atoms with van der Waals surface area (Å²) in [5.41, 5.74) is 2.79. The summed E-state index contributed by atoms with van der Waals surface area (Å²) in [6.07, 6.45) is 1.29. The number of carbonyl (C=O) groups excluding carboxylic acids is 2. The Morgan fingerprint density at radius 2 is 1.97 bits per heavy atom. The van der Waals surface area contributed by atoms with Crippen LogP contribution in [0.15, 0.2) is 48.5 Å². The molecule has 0 aliphatic carbocycles. The van der Waals surface area contributed by atoms with Crippen LogP contribution in [0.2, 0.25) is 5.15 Å². The molecular formula is C23H21ClN4O5. The molecule has 0 unspecified atom stereocenters. The summed E-state index contributed by atoms with van der Waals surface area (Å²) >= 11 is 6.39. The molecule has 0 bridgehead atoms. The van der Waals surface area contributed by atoms with E-state index < -0.39 is 23.4 Å². The van der Waals surface area contributed by atoms with Crippen molar-refractivity contribution in [2.24, 2.45) is 0 Å². The number of anilines is 1. The van der Waals surface area contributed by atoms with Gasteiger partial charge in [0.2, 0.25) is 0 Å². The lowest BCUT2D eigenvalue weighted by molar-refractivity contribution is -0.384. The third-order valence-electron chi connectivity index (χ3n) is 5.47. The number of hydrogen-bond donors (Lipinski definition) is 0. The van der Waals surface area contributed by atoms with E-state index in [0.29, 0.717) is 37.3 Å². The Morgan fingerprint density at radius 3 is 2.70 bits per heavy atom. The molecule has 4 rings (SSSR count). The summed E-state index contributed by atoms with van der Waals surface area (Å²) in [6, 6.07) is 14.0. The smallest absolute Gasteiger partial charge is 0.343 e. The predicted octanol–water partition coefficient (Wildman–Crippen LogP) is 3.94. The maximum Gasteiger partial charge on any atom is 0.343 e. The highest BCUT2D eigenvalue weighted by Crippen LogP contribution is 2.30. The topological polar surface area (TPSA) is 108 Å². The van der Waals surface area contributed by atoms with E-state index in [2.05, 4.69) is 5.10 Å². The summed E-state index contributed by atoms with van der Waals surface area (Å²) in [6.45, 7) is 2.01. The minimum atomic E-state index is -0.730. The van der Waals surface area contributed by atoms with Crippen LogP contribution in [-0.4, -0.2) is 39.7 Å². The Bertz CT molecular complexity index is 1230. The molecule has 0 spiro atoms. The van der Waals surface area contributed by atoms with Crippen molar-refractivity contribution in [2.45, 2.75) is 26.3 Å². The monoisotopic (exact) mass is 468 g/mol. The number of aromatic nitrogens is 2. The van der Waals surface area contributed by atoms with Crippen molar-refractivity contribution in [1.82, 2.24) is 9.78 Å². The van der Waals surface area contributed by atoms with E-state index in [9.17, 15) is 19.7 Å². The molecule has 0 fully saturated rings. The fourth-order valence-corrected chi connectivity index (χ4v) is 4.19. The third-order valence-corrected chi connectivity index (χ3v) is 5.85.